The summed E-state index contributed by atoms with van der Waals surface area (Å²) >= 11 is 0. The Morgan fingerprint density at radius 2 is 1.53 bits per heavy atom. The number of carboxylic acid groups (broad SMARTS) is 1. The zero-order chi connectivity index (χ0) is 24.7. The van der Waals surface area contributed by atoms with Crippen molar-refractivity contribution in [3.63, 3.8) is 0 Å². The topological polar surface area (TPSA) is 105 Å². The number of carboxylic acids is 1. The number of benzene rings is 2. The van der Waals surface area contributed by atoms with E-state index in [-0.39, 0.29) is 37.2 Å². The predicted octanol–water partition coefficient (Wildman–Crippen LogP) is 4.70. The van der Waals surface area contributed by atoms with E-state index in [1.165, 1.54) is 0 Å². The summed E-state index contributed by atoms with van der Waals surface area (Å²) in [6.07, 6.45) is 0.727. The monoisotopic (exact) mass is 466 g/mol. The summed E-state index contributed by atoms with van der Waals surface area (Å²) in [5, 5.41) is 14.7. The highest BCUT2D eigenvalue weighted by atomic mass is 16.5. The van der Waals surface area contributed by atoms with Crippen LogP contribution in [0.4, 0.5) is 4.79 Å². The Bertz CT molecular complexity index is 974. The molecule has 2 atom stereocenters. The molecule has 0 saturated heterocycles. The second-order valence-electron chi connectivity index (χ2n) is 9.18. The van der Waals surface area contributed by atoms with Gasteiger partial charge in [-0.2, -0.15) is 0 Å². The van der Waals surface area contributed by atoms with Gasteiger partial charge < -0.3 is 20.5 Å². The van der Waals surface area contributed by atoms with Crippen LogP contribution in [-0.2, 0) is 14.3 Å². The van der Waals surface area contributed by atoms with Gasteiger partial charge in [0.2, 0.25) is 5.91 Å². The molecule has 0 radical (unpaired) electrons. The number of carbonyl (C=O) groups is 3. The molecule has 0 spiro atoms. The van der Waals surface area contributed by atoms with Crippen LogP contribution in [0, 0.1) is 5.92 Å². The lowest BCUT2D eigenvalue weighted by atomic mass is 9.98. The minimum absolute atomic E-state index is 0.00432. The van der Waals surface area contributed by atoms with Gasteiger partial charge in [-0.15, -0.1) is 0 Å². The van der Waals surface area contributed by atoms with E-state index in [4.69, 9.17) is 9.84 Å². The number of alkyl carbamates (subject to hydrolysis) is 1. The second kappa shape index (κ2) is 11.7. The molecule has 3 rings (SSSR count). The molecule has 0 bridgehead atoms. The molecule has 0 aliphatic heterocycles. The van der Waals surface area contributed by atoms with E-state index >= 15 is 0 Å². The smallest absolute Gasteiger partial charge is 0.407 e. The molecule has 0 aromatic heterocycles. The maximum absolute atomic E-state index is 12.6. The molecule has 182 valence electrons. The van der Waals surface area contributed by atoms with Crippen LogP contribution in [-0.4, -0.2) is 41.8 Å². The summed E-state index contributed by atoms with van der Waals surface area (Å²) in [4.78, 5) is 36.3. The number of aliphatic carboxylic acids is 1. The Morgan fingerprint density at radius 3 is 2.06 bits per heavy atom. The molecule has 34 heavy (non-hydrogen) atoms. The molecule has 0 fully saturated rings. The molecule has 2 amide bonds. The SMILES string of the molecule is CCC[C@H](CC(=O)O)NC(=O)C[C@H](NC(=O)OCC1c2ccccc2-c2ccccc21)C(C)C. The summed E-state index contributed by atoms with van der Waals surface area (Å²) in [6, 6.07) is 15.4. The molecule has 3 N–H and O–H groups in total. The Balaban J connectivity index is 1.58. The summed E-state index contributed by atoms with van der Waals surface area (Å²) in [6.45, 7) is 5.98. The molecule has 1 aliphatic rings. The van der Waals surface area contributed by atoms with Crippen molar-refractivity contribution in [2.75, 3.05) is 6.61 Å². The zero-order valence-corrected chi connectivity index (χ0v) is 20.0. The molecule has 0 saturated carbocycles. The number of amides is 2. The number of fused-ring (bicyclic) bond motifs is 3. The van der Waals surface area contributed by atoms with Crippen LogP contribution in [0.3, 0.4) is 0 Å². The van der Waals surface area contributed by atoms with Crippen LogP contribution in [0.2, 0.25) is 0 Å². The van der Waals surface area contributed by atoms with Crippen LogP contribution in [0.25, 0.3) is 11.1 Å². The first-order valence-corrected chi connectivity index (χ1v) is 11.9. The first-order valence-electron chi connectivity index (χ1n) is 11.9. The summed E-state index contributed by atoms with van der Waals surface area (Å²) in [5.74, 6) is -1.27. The van der Waals surface area contributed by atoms with Gasteiger partial charge in [-0.3, -0.25) is 9.59 Å². The van der Waals surface area contributed by atoms with Gasteiger partial charge in [-0.05, 0) is 34.6 Å². The van der Waals surface area contributed by atoms with Crippen molar-refractivity contribution in [1.29, 1.82) is 0 Å². The number of rotatable bonds is 11. The van der Waals surface area contributed by atoms with E-state index < -0.39 is 24.1 Å². The summed E-state index contributed by atoms with van der Waals surface area (Å²) in [5.41, 5.74) is 4.59. The van der Waals surface area contributed by atoms with Crippen LogP contribution in [0.5, 0.6) is 0 Å². The minimum atomic E-state index is -0.948. The number of hydrogen-bond acceptors (Lipinski definition) is 4. The number of hydrogen-bond donors (Lipinski definition) is 3. The fourth-order valence-corrected chi connectivity index (χ4v) is 4.52. The van der Waals surface area contributed by atoms with Crippen molar-refractivity contribution in [1.82, 2.24) is 10.6 Å². The third-order valence-corrected chi connectivity index (χ3v) is 6.28. The van der Waals surface area contributed by atoms with Crippen molar-refractivity contribution in [3.05, 3.63) is 59.7 Å². The number of ether oxygens (including phenoxy) is 1. The molecule has 0 heterocycles. The van der Waals surface area contributed by atoms with Crippen LogP contribution in [0.1, 0.15) is 63.5 Å². The molecule has 7 nitrogen and oxygen atoms in total. The van der Waals surface area contributed by atoms with E-state index in [2.05, 4.69) is 34.9 Å². The molecule has 2 aromatic rings. The van der Waals surface area contributed by atoms with Crippen molar-refractivity contribution < 1.29 is 24.2 Å². The van der Waals surface area contributed by atoms with E-state index in [1.807, 2.05) is 45.0 Å². The van der Waals surface area contributed by atoms with E-state index in [1.54, 1.807) is 0 Å². The Labute approximate surface area is 200 Å². The lowest BCUT2D eigenvalue weighted by Gasteiger charge is -2.24. The van der Waals surface area contributed by atoms with Gasteiger partial charge in [0.15, 0.2) is 0 Å². The van der Waals surface area contributed by atoms with Gasteiger partial charge in [0.05, 0.1) is 6.42 Å². The van der Waals surface area contributed by atoms with Gasteiger partial charge in [0, 0.05) is 24.4 Å². The van der Waals surface area contributed by atoms with E-state index in [9.17, 15) is 14.4 Å². The maximum atomic E-state index is 12.6. The number of nitrogens with one attached hydrogen (secondary N) is 2. The van der Waals surface area contributed by atoms with Gasteiger partial charge >= 0.3 is 12.1 Å². The Hall–Kier alpha value is -3.35. The Morgan fingerprint density at radius 1 is 0.941 bits per heavy atom. The molecule has 2 aromatic carbocycles. The first-order chi connectivity index (χ1) is 16.3. The maximum Gasteiger partial charge on any atom is 0.407 e. The van der Waals surface area contributed by atoms with E-state index in [0.717, 1.165) is 28.7 Å². The predicted molar refractivity (Wildman–Crippen MR) is 131 cm³/mol. The van der Waals surface area contributed by atoms with Crippen LogP contribution in [0.15, 0.2) is 48.5 Å². The third-order valence-electron chi connectivity index (χ3n) is 6.28. The number of carbonyl (C=O) groups excluding carboxylic acids is 2. The van der Waals surface area contributed by atoms with Crippen LogP contribution >= 0.6 is 0 Å². The van der Waals surface area contributed by atoms with Crippen molar-refractivity contribution in [2.24, 2.45) is 5.92 Å². The Kier molecular flexibility index (Phi) is 8.68. The molecule has 7 heteroatoms. The van der Waals surface area contributed by atoms with Crippen LogP contribution < -0.4 is 10.6 Å². The highest BCUT2D eigenvalue weighted by Gasteiger charge is 2.29. The quantitative estimate of drug-likeness (QED) is 0.445. The van der Waals surface area contributed by atoms with Gasteiger partial charge in [0.25, 0.3) is 0 Å². The fraction of sp³-hybridized carbons (Fsp3) is 0.444. The zero-order valence-electron chi connectivity index (χ0n) is 20.0. The highest BCUT2D eigenvalue weighted by molar-refractivity contribution is 5.80. The largest absolute Gasteiger partial charge is 0.481 e. The average Bonchev–Trinajstić information content (AvgIpc) is 3.10. The lowest BCUT2D eigenvalue weighted by molar-refractivity contribution is -0.137. The van der Waals surface area contributed by atoms with E-state index in [0.29, 0.717) is 6.42 Å². The molecule has 1 aliphatic carbocycles. The lowest BCUT2D eigenvalue weighted by Crippen LogP contribution is -2.45. The third kappa shape index (κ3) is 6.37. The fourth-order valence-electron chi connectivity index (χ4n) is 4.52. The second-order valence-corrected chi connectivity index (χ2v) is 9.18. The van der Waals surface area contributed by atoms with Crippen molar-refractivity contribution in [2.45, 2.75) is 64.5 Å². The van der Waals surface area contributed by atoms with Gasteiger partial charge in [0.1, 0.15) is 6.61 Å². The van der Waals surface area contributed by atoms with Gasteiger partial charge in [-0.1, -0.05) is 75.7 Å². The molecular formula is C27H34N2O5. The minimum Gasteiger partial charge on any atom is -0.481 e. The molecular weight excluding hydrogens is 432 g/mol. The highest BCUT2D eigenvalue weighted by Crippen LogP contribution is 2.44. The summed E-state index contributed by atoms with van der Waals surface area (Å²) in [7, 11) is 0. The molecule has 0 unspecified atom stereocenters. The van der Waals surface area contributed by atoms with Crippen molar-refractivity contribution >= 4 is 18.0 Å². The first kappa shape index (κ1) is 25.3. The standard InChI is InChI=1S/C27H34N2O5/c1-4-9-18(14-26(31)32)28-25(30)15-24(17(2)3)29-27(33)34-16-23-21-12-7-5-10-19(21)20-11-6-8-13-22(20)23/h5-8,10-13,17-18,23-24H,4,9,14-16H2,1-3H3,(H,28,30)(H,29,33)(H,31,32)/t18-,24+/m1/s1. The van der Waals surface area contributed by atoms with Gasteiger partial charge in [-0.25, -0.2) is 4.79 Å². The van der Waals surface area contributed by atoms with Crippen molar-refractivity contribution in [3.8, 4) is 11.1 Å². The normalized spacial score (nSPS) is 14.1. The summed E-state index contributed by atoms with van der Waals surface area (Å²) < 4.78 is 5.61. The average molecular weight is 467 g/mol.